The Balaban J connectivity index is 3.50. The Hall–Kier alpha value is 0.720. The van der Waals surface area contributed by atoms with Crippen LogP contribution in [0.3, 0.4) is 0 Å². The molecule has 1 aliphatic rings. The van der Waals surface area contributed by atoms with Gasteiger partial charge in [0.2, 0.25) is 0 Å². The van der Waals surface area contributed by atoms with Gasteiger partial charge in [-0.2, -0.15) is 12.9 Å². The van der Waals surface area contributed by atoms with Crippen LogP contribution >= 0.6 is 33.6 Å². The van der Waals surface area contributed by atoms with Gasteiger partial charge in [-0.15, -0.1) is 17.4 Å². The first-order chi connectivity index (χ1) is 6.63. The molecule has 1 aliphatic heterocycles. The highest BCUT2D eigenvalue weighted by molar-refractivity contribution is 8.57. The molecule has 1 heterocycles. The van der Waals surface area contributed by atoms with Gasteiger partial charge in [-0.3, -0.25) is 0 Å². The smallest absolute Gasteiger partial charge is 0.232 e. The molecule has 0 N–H and O–H groups in total. The minimum atomic E-state index is -5.21. The van der Waals surface area contributed by atoms with E-state index in [9.17, 15) is 16.8 Å². The summed E-state index contributed by atoms with van der Waals surface area (Å²) in [4.78, 5) is 0. The van der Waals surface area contributed by atoms with Gasteiger partial charge in [0.05, 0.1) is 0 Å². The number of hydrogen-bond donors (Lipinski definition) is 0. The molecule has 0 spiro atoms. The van der Waals surface area contributed by atoms with Gasteiger partial charge in [-0.05, 0) is 20.4 Å². The van der Waals surface area contributed by atoms with Crippen LogP contribution < -0.4 is 0 Å². The molecule has 4 nitrogen and oxygen atoms in total. The van der Waals surface area contributed by atoms with Crippen LogP contribution in [0.2, 0.25) is 0 Å². The van der Waals surface area contributed by atoms with Crippen molar-refractivity contribution in [1.82, 2.24) is 4.67 Å². The van der Waals surface area contributed by atoms with Gasteiger partial charge >= 0.3 is 22.2 Å². The lowest BCUT2D eigenvalue weighted by Gasteiger charge is -2.23. The number of nitrogens with zero attached hydrogens (tertiary/aromatic N) is 4. The highest BCUT2D eigenvalue weighted by Crippen LogP contribution is 2.84. The van der Waals surface area contributed by atoms with Crippen molar-refractivity contribution in [2.45, 2.75) is 0 Å². The highest BCUT2D eigenvalue weighted by Gasteiger charge is 2.39. The standard InChI is InChI=1S/C3H9F4N4P3S/c1-11(2)13(6)8-12(4,5)9-14(7,10-13)15-3/h1-3H3. The molecule has 0 bridgehead atoms. The molecule has 0 amide bonds. The fourth-order valence-electron chi connectivity index (χ4n) is 0.697. The van der Waals surface area contributed by atoms with Crippen molar-refractivity contribution in [2.24, 2.45) is 13.5 Å². The van der Waals surface area contributed by atoms with Crippen LogP contribution in [0.1, 0.15) is 0 Å². The van der Waals surface area contributed by atoms with Crippen molar-refractivity contribution >= 4 is 33.6 Å². The summed E-state index contributed by atoms with van der Waals surface area (Å²) in [5.74, 6) is 0. The SMILES string of the molecule is CSP1(F)=NP(F)(N(C)C)=NP(F)(F)=N1. The van der Waals surface area contributed by atoms with Gasteiger partial charge in [-0.1, -0.05) is 11.4 Å². The maximum Gasteiger partial charge on any atom is 0.423 e. The monoisotopic (exact) mass is 302 g/mol. The van der Waals surface area contributed by atoms with E-state index in [0.717, 1.165) is 4.67 Å². The number of halogens is 4. The maximum atomic E-state index is 13.8. The molecule has 0 fully saturated rings. The van der Waals surface area contributed by atoms with E-state index in [-0.39, 0.29) is 0 Å². The molecule has 0 aliphatic carbocycles. The maximum absolute atomic E-state index is 13.8. The second-order valence-electron chi connectivity index (χ2n) is 2.72. The lowest BCUT2D eigenvalue weighted by Crippen LogP contribution is -2.03. The average molecular weight is 302 g/mol. The third kappa shape index (κ3) is 3.10. The zero-order chi connectivity index (χ0) is 11.9. The van der Waals surface area contributed by atoms with E-state index in [4.69, 9.17) is 0 Å². The summed E-state index contributed by atoms with van der Waals surface area (Å²) in [5.41, 5.74) is 0. The third-order valence-corrected chi connectivity index (χ3v) is 10.9. The van der Waals surface area contributed by atoms with Crippen LogP contribution in [0.25, 0.3) is 0 Å². The zero-order valence-electron chi connectivity index (χ0n) is 8.05. The van der Waals surface area contributed by atoms with Crippen molar-refractivity contribution in [2.75, 3.05) is 20.4 Å². The lowest BCUT2D eigenvalue weighted by molar-refractivity contribution is 0.608. The summed E-state index contributed by atoms with van der Waals surface area (Å²) >= 11 is 0.430. The molecule has 2 atom stereocenters. The Bertz CT molecular complexity index is 427. The Morgan fingerprint density at radius 1 is 1.00 bits per heavy atom. The second-order valence-corrected chi connectivity index (χ2v) is 11.4. The molecule has 15 heavy (non-hydrogen) atoms. The predicted octanol–water partition coefficient (Wildman–Crippen LogP) is 5.64. The summed E-state index contributed by atoms with van der Waals surface area (Å²) in [6.45, 7) is -4.14. The molecule has 0 aromatic heterocycles. The molecule has 90 valence electrons. The van der Waals surface area contributed by atoms with Crippen molar-refractivity contribution in [3.8, 4) is 0 Å². The van der Waals surface area contributed by atoms with Crippen LogP contribution in [0.15, 0.2) is 13.5 Å². The van der Waals surface area contributed by atoms with E-state index in [1.54, 1.807) is 0 Å². The van der Waals surface area contributed by atoms with Gasteiger partial charge < -0.3 is 0 Å². The molecule has 0 aromatic rings. The van der Waals surface area contributed by atoms with Crippen molar-refractivity contribution < 1.29 is 16.8 Å². The molecular weight excluding hydrogens is 293 g/mol. The molecule has 0 radical (unpaired) electrons. The summed E-state index contributed by atoms with van der Waals surface area (Å²) in [5, 5.41) is 0. The minimum Gasteiger partial charge on any atom is -0.232 e. The Morgan fingerprint density at radius 3 is 1.93 bits per heavy atom. The van der Waals surface area contributed by atoms with E-state index in [2.05, 4.69) is 13.5 Å². The topological polar surface area (TPSA) is 40.3 Å². The molecule has 12 heteroatoms. The Kier molecular flexibility index (Phi) is 3.85. The second kappa shape index (κ2) is 4.19. The van der Waals surface area contributed by atoms with Gasteiger partial charge in [-0.25, -0.2) is 4.67 Å². The van der Waals surface area contributed by atoms with Gasteiger partial charge in [0.25, 0.3) is 0 Å². The largest absolute Gasteiger partial charge is 0.423 e. The first kappa shape index (κ1) is 13.8. The lowest BCUT2D eigenvalue weighted by atomic mass is 11.3. The Morgan fingerprint density at radius 2 is 1.53 bits per heavy atom. The molecular formula is C3H9F4N4P3S. The van der Waals surface area contributed by atoms with Crippen molar-refractivity contribution in [3.05, 3.63) is 0 Å². The Labute approximate surface area is 89.4 Å². The van der Waals surface area contributed by atoms with Crippen LogP contribution in [0.5, 0.6) is 0 Å². The fourth-order valence-corrected chi connectivity index (χ4v) is 10.2. The number of rotatable bonds is 2. The van der Waals surface area contributed by atoms with Crippen molar-refractivity contribution in [3.63, 3.8) is 0 Å². The quantitative estimate of drug-likeness (QED) is 0.489. The molecule has 0 saturated carbocycles. The molecule has 1 rings (SSSR count). The number of hydrogen-bond acceptors (Lipinski definition) is 5. The third-order valence-electron chi connectivity index (χ3n) is 1.40. The molecule has 0 saturated heterocycles. The summed E-state index contributed by atoms with van der Waals surface area (Å²) in [6.07, 6.45) is 1.24. The molecule has 0 aromatic carbocycles. The van der Waals surface area contributed by atoms with E-state index in [1.807, 2.05) is 0 Å². The fraction of sp³-hybridized carbons (Fsp3) is 1.00. The normalized spacial score (nSPS) is 39.2. The van der Waals surface area contributed by atoms with E-state index >= 15 is 0 Å². The summed E-state index contributed by atoms with van der Waals surface area (Å²) in [6, 6.07) is 0. The minimum absolute atomic E-state index is 0.430. The highest BCUT2D eigenvalue weighted by atomic mass is 32.7. The summed E-state index contributed by atoms with van der Waals surface area (Å²) < 4.78 is 62.8. The van der Waals surface area contributed by atoms with E-state index in [0.29, 0.717) is 11.4 Å². The summed E-state index contributed by atoms with van der Waals surface area (Å²) in [7, 11) is -7.05. The molecule has 2 unspecified atom stereocenters. The average Bonchev–Trinajstić information content (AvgIpc) is 1.99. The van der Waals surface area contributed by atoms with Crippen LogP contribution in [0, 0.1) is 0 Å². The van der Waals surface area contributed by atoms with Crippen LogP contribution in [0.4, 0.5) is 16.8 Å². The first-order valence-electron chi connectivity index (χ1n) is 3.56. The van der Waals surface area contributed by atoms with E-state index < -0.39 is 22.2 Å². The van der Waals surface area contributed by atoms with Gasteiger partial charge in [0, 0.05) is 0 Å². The van der Waals surface area contributed by atoms with Gasteiger partial charge in [0.1, 0.15) is 0 Å². The van der Waals surface area contributed by atoms with Crippen LogP contribution in [-0.4, -0.2) is 25.0 Å². The zero-order valence-corrected chi connectivity index (χ0v) is 11.6. The van der Waals surface area contributed by atoms with Crippen molar-refractivity contribution in [1.29, 1.82) is 0 Å². The van der Waals surface area contributed by atoms with Gasteiger partial charge in [0.15, 0.2) is 0 Å². The first-order valence-corrected chi connectivity index (χ1v) is 9.99. The van der Waals surface area contributed by atoms with E-state index in [1.165, 1.54) is 20.4 Å². The van der Waals surface area contributed by atoms with Crippen LogP contribution in [-0.2, 0) is 0 Å². The predicted molar refractivity (Wildman–Crippen MR) is 59.7 cm³/mol.